The molecule has 1 heterocycles. The summed E-state index contributed by atoms with van der Waals surface area (Å²) < 4.78 is 0. The second-order valence-corrected chi connectivity index (χ2v) is 4.21. The highest BCUT2D eigenvalue weighted by atomic mass is 16.4. The van der Waals surface area contributed by atoms with Crippen LogP contribution in [0.1, 0.15) is 25.7 Å². The molecule has 1 saturated carbocycles. The van der Waals surface area contributed by atoms with Crippen LogP contribution in [-0.4, -0.2) is 28.7 Å². The summed E-state index contributed by atoms with van der Waals surface area (Å²) in [6, 6.07) is 0.0855. The van der Waals surface area contributed by atoms with Gasteiger partial charge in [-0.15, -0.1) is 4.91 Å². The first-order valence-electron chi connectivity index (χ1n) is 5.05. The summed E-state index contributed by atoms with van der Waals surface area (Å²) in [7, 11) is 0. The first-order valence-corrected chi connectivity index (χ1v) is 5.05. The molecule has 5 heteroatoms. The van der Waals surface area contributed by atoms with Gasteiger partial charge in [0.1, 0.15) is 0 Å². The van der Waals surface area contributed by atoms with E-state index in [9.17, 15) is 9.70 Å². The SMILES string of the molecule is O=NN1CCC2CCC(C(=O)O)CC21. The van der Waals surface area contributed by atoms with Gasteiger partial charge in [-0.25, -0.2) is 0 Å². The van der Waals surface area contributed by atoms with Gasteiger partial charge < -0.3 is 5.11 Å². The molecule has 1 aliphatic heterocycles. The van der Waals surface area contributed by atoms with Crippen LogP contribution < -0.4 is 0 Å². The number of fused-ring (bicyclic) bond motifs is 1. The topological polar surface area (TPSA) is 70.0 Å². The van der Waals surface area contributed by atoms with Gasteiger partial charge in [0, 0.05) is 6.54 Å². The monoisotopic (exact) mass is 198 g/mol. The Hall–Kier alpha value is -1.13. The van der Waals surface area contributed by atoms with Crippen LogP contribution in [0.4, 0.5) is 0 Å². The molecule has 78 valence electrons. The second kappa shape index (κ2) is 3.55. The molecule has 0 aromatic heterocycles. The average molecular weight is 198 g/mol. The van der Waals surface area contributed by atoms with Crippen molar-refractivity contribution in [3.63, 3.8) is 0 Å². The molecule has 2 fully saturated rings. The second-order valence-electron chi connectivity index (χ2n) is 4.21. The zero-order valence-corrected chi connectivity index (χ0v) is 7.93. The van der Waals surface area contributed by atoms with Crippen molar-refractivity contribution in [3.8, 4) is 0 Å². The number of nitrogens with zero attached hydrogens (tertiary/aromatic N) is 2. The first kappa shape index (κ1) is 9.43. The molecule has 1 aliphatic carbocycles. The minimum atomic E-state index is -0.735. The lowest BCUT2D eigenvalue weighted by molar-refractivity contribution is -0.143. The van der Waals surface area contributed by atoms with E-state index in [1.807, 2.05) is 0 Å². The molecule has 1 saturated heterocycles. The lowest BCUT2D eigenvalue weighted by Crippen LogP contribution is -2.36. The summed E-state index contributed by atoms with van der Waals surface area (Å²) in [6.07, 6.45) is 3.26. The Morgan fingerprint density at radius 2 is 2.14 bits per heavy atom. The van der Waals surface area contributed by atoms with E-state index < -0.39 is 5.97 Å². The molecule has 5 nitrogen and oxygen atoms in total. The number of rotatable bonds is 2. The van der Waals surface area contributed by atoms with Gasteiger partial charge in [-0.05, 0) is 31.6 Å². The largest absolute Gasteiger partial charge is 0.481 e. The minimum Gasteiger partial charge on any atom is -0.481 e. The van der Waals surface area contributed by atoms with Crippen LogP contribution in [0.15, 0.2) is 5.29 Å². The van der Waals surface area contributed by atoms with Gasteiger partial charge in [0.05, 0.1) is 17.2 Å². The van der Waals surface area contributed by atoms with Crippen molar-refractivity contribution >= 4 is 5.97 Å². The number of aliphatic carboxylic acids is 1. The highest BCUT2D eigenvalue weighted by molar-refractivity contribution is 5.70. The van der Waals surface area contributed by atoms with Crippen LogP contribution >= 0.6 is 0 Å². The predicted octanol–water partition coefficient (Wildman–Crippen LogP) is 1.24. The molecule has 0 aromatic carbocycles. The number of carboxylic acids is 1. The fourth-order valence-electron chi connectivity index (χ4n) is 2.70. The predicted molar refractivity (Wildman–Crippen MR) is 49.4 cm³/mol. The Kier molecular flexibility index (Phi) is 2.39. The number of carboxylic acid groups (broad SMARTS) is 1. The van der Waals surface area contributed by atoms with Crippen LogP contribution in [0.3, 0.4) is 0 Å². The molecular weight excluding hydrogens is 184 g/mol. The molecule has 0 bridgehead atoms. The summed E-state index contributed by atoms with van der Waals surface area (Å²) in [5, 5.41) is 13.4. The Morgan fingerprint density at radius 3 is 2.79 bits per heavy atom. The van der Waals surface area contributed by atoms with E-state index in [2.05, 4.69) is 5.29 Å². The van der Waals surface area contributed by atoms with Crippen molar-refractivity contribution in [1.82, 2.24) is 5.01 Å². The number of hydrogen-bond acceptors (Lipinski definition) is 3. The van der Waals surface area contributed by atoms with E-state index >= 15 is 0 Å². The highest BCUT2D eigenvalue weighted by Crippen LogP contribution is 2.38. The zero-order chi connectivity index (χ0) is 10.1. The highest BCUT2D eigenvalue weighted by Gasteiger charge is 2.41. The maximum Gasteiger partial charge on any atom is 0.306 e. The van der Waals surface area contributed by atoms with Gasteiger partial charge in [-0.3, -0.25) is 9.80 Å². The molecular formula is C9H14N2O3. The molecule has 0 spiro atoms. The lowest BCUT2D eigenvalue weighted by atomic mass is 9.79. The first-order chi connectivity index (χ1) is 6.72. The van der Waals surface area contributed by atoms with E-state index in [0.717, 1.165) is 19.3 Å². The Labute approximate surface area is 82.0 Å². The Bertz CT molecular complexity index is 256. The third-order valence-electron chi connectivity index (χ3n) is 3.52. The van der Waals surface area contributed by atoms with Gasteiger partial charge in [0.2, 0.25) is 0 Å². The molecule has 0 aromatic rings. The fourth-order valence-corrected chi connectivity index (χ4v) is 2.70. The van der Waals surface area contributed by atoms with E-state index in [1.54, 1.807) is 0 Å². The molecule has 2 rings (SSSR count). The maximum atomic E-state index is 10.8. The summed E-state index contributed by atoms with van der Waals surface area (Å²) in [6.45, 7) is 0.700. The van der Waals surface area contributed by atoms with Crippen LogP contribution in [0.25, 0.3) is 0 Å². The third kappa shape index (κ3) is 1.47. The zero-order valence-electron chi connectivity index (χ0n) is 7.93. The third-order valence-corrected chi connectivity index (χ3v) is 3.52. The molecule has 3 atom stereocenters. The summed E-state index contributed by atoms with van der Waals surface area (Å²) in [5.74, 6) is -0.525. The van der Waals surface area contributed by atoms with Crippen LogP contribution in [0, 0.1) is 16.7 Å². The van der Waals surface area contributed by atoms with E-state index in [0.29, 0.717) is 18.9 Å². The van der Waals surface area contributed by atoms with Crippen molar-refractivity contribution in [2.24, 2.45) is 17.1 Å². The summed E-state index contributed by atoms with van der Waals surface area (Å²) >= 11 is 0. The number of hydrogen-bond donors (Lipinski definition) is 1. The fraction of sp³-hybridized carbons (Fsp3) is 0.889. The van der Waals surface area contributed by atoms with Crippen molar-refractivity contribution < 1.29 is 9.90 Å². The van der Waals surface area contributed by atoms with Crippen molar-refractivity contribution in [2.75, 3.05) is 6.54 Å². The van der Waals surface area contributed by atoms with Gasteiger partial charge in [-0.1, -0.05) is 0 Å². The normalized spacial score (nSPS) is 36.6. The minimum absolute atomic E-state index is 0.0855. The average Bonchev–Trinajstić information content (AvgIpc) is 2.59. The number of nitroso groups, excluding NO2 is 1. The Balaban J connectivity index is 2.04. The molecule has 14 heavy (non-hydrogen) atoms. The summed E-state index contributed by atoms with van der Waals surface area (Å²) in [5.41, 5.74) is 0. The maximum absolute atomic E-state index is 10.8. The van der Waals surface area contributed by atoms with Crippen molar-refractivity contribution in [3.05, 3.63) is 4.91 Å². The van der Waals surface area contributed by atoms with Crippen LogP contribution in [-0.2, 0) is 4.79 Å². The van der Waals surface area contributed by atoms with Gasteiger partial charge in [-0.2, -0.15) is 0 Å². The van der Waals surface area contributed by atoms with E-state index in [-0.39, 0.29) is 12.0 Å². The van der Waals surface area contributed by atoms with E-state index in [1.165, 1.54) is 5.01 Å². The van der Waals surface area contributed by atoms with Gasteiger partial charge in [0.25, 0.3) is 0 Å². The van der Waals surface area contributed by atoms with Gasteiger partial charge in [0.15, 0.2) is 0 Å². The van der Waals surface area contributed by atoms with Crippen molar-refractivity contribution in [1.29, 1.82) is 0 Å². The Morgan fingerprint density at radius 1 is 1.36 bits per heavy atom. The van der Waals surface area contributed by atoms with Gasteiger partial charge >= 0.3 is 5.97 Å². The smallest absolute Gasteiger partial charge is 0.306 e. The molecule has 3 unspecified atom stereocenters. The quantitative estimate of drug-likeness (QED) is 0.678. The van der Waals surface area contributed by atoms with Crippen LogP contribution in [0.5, 0.6) is 0 Å². The van der Waals surface area contributed by atoms with Crippen LogP contribution in [0.2, 0.25) is 0 Å². The number of carbonyl (C=O) groups is 1. The molecule has 0 radical (unpaired) electrons. The lowest BCUT2D eigenvalue weighted by Gasteiger charge is -2.31. The molecule has 0 amide bonds. The molecule has 1 N–H and O–H groups in total. The van der Waals surface area contributed by atoms with E-state index in [4.69, 9.17) is 5.11 Å². The van der Waals surface area contributed by atoms with Crippen molar-refractivity contribution in [2.45, 2.75) is 31.7 Å². The molecule has 2 aliphatic rings. The standard InChI is InChI=1S/C9H14N2O3/c12-9(13)7-2-1-6-3-4-11(10-14)8(6)5-7/h6-8H,1-5H2,(H,12,13). The summed E-state index contributed by atoms with van der Waals surface area (Å²) in [4.78, 5) is 21.3.